The van der Waals surface area contributed by atoms with Gasteiger partial charge in [-0.2, -0.15) is 5.10 Å². The van der Waals surface area contributed by atoms with E-state index in [-0.39, 0.29) is 5.91 Å². The first kappa shape index (κ1) is 14.8. The molecule has 4 aromatic rings. The molecule has 0 saturated heterocycles. The summed E-state index contributed by atoms with van der Waals surface area (Å²) in [7, 11) is 1.78. The fourth-order valence-corrected chi connectivity index (χ4v) is 3.72. The first-order chi connectivity index (χ1) is 11.6. The van der Waals surface area contributed by atoms with E-state index < -0.39 is 0 Å². The van der Waals surface area contributed by atoms with Crippen molar-refractivity contribution in [3.63, 3.8) is 0 Å². The number of fused-ring (bicyclic) bond motifs is 2. The molecular weight excluding hydrogens is 322 g/mol. The van der Waals surface area contributed by atoms with E-state index in [0.29, 0.717) is 23.4 Å². The largest absolute Gasteiger partial charge is 0.335 e. The van der Waals surface area contributed by atoms with Crippen LogP contribution in [0.3, 0.4) is 0 Å². The highest BCUT2D eigenvalue weighted by molar-refractivity contribution is 7.18. The lowest BCUT2D eigenvalue weighted by atomic mass is 10.2. The van der Waals surface area contributed by atoms with Crippen LogP contribution in [0.1, 0.15) is 21.1 Å². The number of aryl methyl sites for hydroxylation is 1. The van der Waals surface area contributed by atoms with Crippen molar-refractivity contribution in [2.45, 2.75) is 13.5 Å². The van der Waals surface area contributed by atoms with Gasteiger partial charge >= 0.3 is 0 Å². The summed E-state index contributed by atoms with van der Waals surface area (Å²) in [4.78, 5) is 23.4. The van der Waals surface area contributed by atoms with Crippen LogP contribution in [0.4, 0.5) is 0 Å². The molecule has 0 N–H and O–H groups in total. The number of aromatic nitrogens is 4. The van der Waals surface area contributed by atoms with Crippen LogP contribution in [0, 0.1) is 6.92 Å². The highest BCUT2D eigenvalue weighted by atomic mass is 32.1. The average molecular weight is 337 g/mol. The number of thiazole rings is 1. The lowest BCUT2D eigenvalue weighted by Crippen LogP contribution is -2.26. The molecule has 3 heterocycles. The molecule has 4 rings (SSSR count). The van der Waals surface area contributed by atoms with E-state index >= 15 is 0 Å². The molecule has 0 aliphatic carbocycles. The summed E-state index contributed by atoms with van der Waals surface area (Å²) in [6.07, 6.45) is 3.46. The predicted molar refractivity (Wildman–Crippen MR) is 93.1 cm³/mol. The number of amides is 1. The van der Waals surface area contributed by atoms with Gasteiger partial charge in [-0.1, -0.05) is 12.1 Å². The number of benzene rings is 1. The van der Waals surface area contributed by atoms with Gasteiger partial charge in [-0.15, -0.1) is 11.3 Å². The fourth-order valence-electron chi connectivity index (χ4n) is 2.70. The zero-order valence-corrected chi connectivity index (χ0v) is 14.1. The topological polar surface area (TPSA) is 63.4 Å². The van der Waals surface area contributed by atoms with Crippen LogP contribution in [0.2, 0.25) is 0 Å². The highest BCUT2D eigenvalue weighted by Crippen LogP contribution is 2.23. The van der Waals surface area contributed by atoms with Crippen LogP contribution >= 0.6 is 11.3 Å². The van der Waals surface area contributed by atoms with Crippen molar-refractivity contribution < 1.29 is 4.79 Å². The molecule has 0 atom stereocenters. The van der Waals surface area contributed by atoms with Gasteiger partial charge in [0, 0.05) is 19.4 Å². The summed E-state index contributed by atoms with van der Waals surface area (Å²) >= 11 is 1.61. The summed E-state index contributed by atoms with van der Waals surface area (Å²) in [5.74, 6) is -0.0968. The predicted octanol–water partition coefficient (Wildman–Crippen LogP) is 2.92. The number of para-hydroxylation sites is 1. The molecule has 1 aromatic carbocycles. The second kappa shape index (κ2) is 5.68. The Kier molecular flexibility index (Phi) is 3.50. The van der Waals surface area contributed by atoms with E-state index in [1.807, 2.05) is 31.2 Å². The summed E-state index contributed by atoms with van der Waals surface area (Å²) in [6, 6.07) is 9.77. The molecule has 0 bridgehead atoms. The molecule has 6 nitrogen and oxygen atoms in total. The van der Waals surface area contributed by atoms with E-state index in [1.165, 1.54) is 0 Å². The van der Waals surface area contributed by atoms with Crippen LogP contribution in [0.5, 0.6) is 0 Å². The van der Waals surface area contributed by atoms with Gasteiger partial charge in [0.1, 0.15) is 10.6 Å². The summed E-state index contributed by atoms with van der Waals surface area (Å²) in [5, 5.41) is 5.26. The fraction of sp³-hybridized carbons (Fsp3) is 0.176. The van der Waals surface area contributed by atoms with Crippen LogP contribution in [0.25, 0.3) is 15.9 Å². The molecule has 24 heavy (non-hydrogen) atoms. The van der Waals surface area contributed by atoms with E-state index in [1.54, 1.807) is 46.3 Å². The van der Waals surface area contributed by atoms with E-state index in [4.69, 9.17) is 0 Å². The van der Waals surface area contributed by atoms with E-state index in [0.717, 1.165) is 15.2 Å². The van der Waals surface area contributed by atoms with Gasteiger partial charge in [-0.25, -0.2) is 14.5 Å². The number of rotatable bonds is 3. The van der Waals surface area contributed by atoms with Gasteiger partial charge in [0.15, 0.2) is 5.65 Å². The smallest absolute Gasteiger partial charge is 0.259 e. The Balaban J connectivity index is 1.64. The molecule has 1 amide bonds. The van der Waals surface area contributed by atoms with Crippen LogP contribution < -0.4 is 0 Å². The first-order valence-electron chi connectivity index (χ1n) is 7.53. The molecular formula is C17H15N5OS. The van der Waals surface area contributed by atoms with Crippen molar-refractivity contribution in [2.75, 3.05) is 7.05 Å². The van der Waals surface area contributed by atoms with Gasteiger partial charge in [-0.05, 0) is 25.1 Å². The van der Waals surface area contributed by atoms with Gasteiger partial charge in [-0.3, -0.25) is 4.79 Å². The van der Waals surface area contributed by atoms with Crippen LogP contribution in [-0.4, -0.2) is 37.4 Å². The number of nitrogens with zero attached hydrogens (tertiary/aromatic N) is 5. The van der Waals surface area contributed by atoms with Crippen molar-refractivity contribution in [1.29, 1.82) is 0 Å². The Hall–Kier alpha value is -2.80. The number of carbonyl (C=O) groups excluding carboxylic acids is 1. The molecule has 0 spiro atoms. The Bertz CT molecular complexity index is 1020. The quantitative estimate of drug-likeness (QED) is 0.577. The maximum atomic E-state index is 12.9. The zero-order valence-electron chi connectivity index (χ0n) is 13.3. The first-order valence-corrected chi connectivity index (χ1v) is 8.35. The third-order valence-corrected chi connectivity index (χ3v) is 4.86. The molecule has 0 aliphatic rings. The van der Waals surface area contributed by atoms with Gasteiger partial charge in [0.05, 0.1) is 22.5 Å². The van der Waals surface area contributed by atoms with Gasteiger partial charge in [0.2, 0.25) is 0 Å². The molecule has 0 saturated carbocycles. The molecule has 0 fully saturated rings. The molecule has 7 heteroatoms. The third-order valence-electron chi connectivity index (χ3n) is 3.84. The standard InChI is InChI=1S/C17H15N5OS/c1-11-15(16-18-8-5-9-22(16)20-11)17(23)21(2)10-14-19-12-6-3-4-7-13(12)24-14/h3-9H,10H2,1-2H3. The minimum atomic E-state index is -0.0968. The Morgan fingerprint density at radius 1 is 1.29 bits per heavy atom. The van der Waals surface area contributed by atoms with Crippen molar-refractivity contribution in [3.05, 3.63) is 59.0 Å². The van der Waals surface area contributed by atoms with Crippen molar-refractivity contribution >= 4 is 33.1 Å². The normalized spacial score (nSPS) is 11.2. The SMILES string of the molecule is Cc1nn2cccnc2c1C(=O)N(C)Cc1nc2ccccc2s1. The summed E-state index contributed by atoms with van der Waals surface area (Å²) in [6.45, 7) is 2.29. The second-order valence-electron chi connectivity index (χ2n) is 5.58. The van der Waals surface area contributed by atoms with Crippen molar-refractivity contribution in [1.82, 2.24) is 24.5 Å². The maximum Gasteiger partial charge on any atom is 0.259 e. The van der Waals surface area contributed by atoms with Crippen molar-refractivity contribution in [2.24, 2.45) is 0 Å². The average Bonchev–Trinajstić information content (AvgIpc) is 3.13. The number of carbonyl (C=O) groups is 1. The van der Waals surface area contributed by atoms with Crippen molar-refractivity contribution in [3.8, 4) is 0 Å². The number of hydrogen-bond acceptors (Lipinski definition) is 5. The highest BCUT2D eigenvalue weighted by Gasteiger charge is 2.22. The lowest BCUT2D eigenvalue weighted by Gasteiger charge is -2.15. The minimum Gasteiger partial charge on any atom is -0.335 e. The second-order valence-corrected chi connectivity index (χ2v) is 6.70. The molecule has 0 unspecified atom stereocenters. The van der Waals surface area contributed by atoms with E-state index in [2.05, 4.69) is 15.1 Å². The molecule has 3 aromatic heterocycles. The maximum absolute atomic E-state index is 12.9. The lowest BCUT2D eigenvalue weighted by molar-refractivity contribution is 0.0786. The monoisotopic (exact) mass is 337 g/mol. The van der Waals surface area contributed by atoms with Crippen LogP contribution in [-0.2, 0) is 6.54 Å². The minimum absolute atomic E-state index is 0.0968. The third kappa shape index (κ3) is 2.43. The number of hydrogen-bond donors (Lipinski definition) is 0. The van der Waals surface area contributed by atoms with E-state index in [9.17, 15) is 4.79 Å². The molecule has 0 aliphatic heterocycles. The zero-order chi connectivity index (χ0) is 16.7. The van der Waals surface area contributed by atoms with Crippen LogP contribution in [0.15, 0.2) is 42.7 Å². The molecule has 0 radical (unpaired) electrons. The summed E-state index contributed by atoms with van der Waals surface area (Å²) < 4.78 is 2.76. The van der Waals surface area contributed by atoms with Gasteiger partial charge in [0.25, 0.3) is 5.91 Å². The Labute approximate surface area is 142 Å². The summed E-state index contributed by atoms with van der Waals surface area (Å²) in [5.41, 5.74) is 2.76. The Morgan fingerprint density at radius 2 is 2.12 bits per heavy atom. The van der Waals surface area contributed by atoms with Gasteiger partial charge < -0.3 is 4.90 Å². The Morgan fingerprint density at radius 3 is 2.96 bits per heavy atom. The molecule has 120 valence electrons.